The minimum atomic E-state index is -4.47. The van der Waals surface area contributed by atoms with Crippen molar-refractivity contribution in [3.8, 4) is 11.8 Å². The van der Waals surface area contributed by atoms with Crippen LogP contribution in [-0.2, 0) is 15.8 Å². The van der Waals surface area contributed by atoms with Gasteiger partial charge in [-0.25, -0.2) is 0 Å². The third kappa shape index (κ3) is 5.94. The van der Waals surface area contributed by atoms with Crippen molar-refractivity contribution >= 4 is 46.9 Å². The van der Waals surface area contributed by atoms with Gasteiger partial charge in [0.2, 0.25) is 11.8 Å². The number of anilines is 3. The Kier molecular flexibility index (Phi) is 8.05. The van der Waals surface area contributed by atoms with Crippen molar-refractivity contribution < 1.29 is 32.3 Å². The minimum absolute atomic E-state index is 0.0351. The van der Waals surface area contributed by atoms with Crippen LogP contribution in [0.1, 0.15) is 39.1 Å². The molecule has 228 valence electrons. The summed E-state index contributed by atoms with van der Waals surface area (Å²) >= 11 is 0. The summed E-state index contributed by atoms with van der Waals surface area (Å²) in [5.74, 6) is 3.72. The van der Waals surface area contributed by atoms with Gasteiger partial charge in [-0.3, -0.25) is 34.8 Å². The number of halogens is 3. The van der Waals surface area contributed by atoms with Crippen LogP contribution < -0.4 is 26.0 Å². The van der Waals surface area contributed by atoms with Crippen molar-refractivity contribution in [2.24, 2.45) is 5.92 Å². The van der Waals surface area contributed by atoms with Crippen LogP contribution in [-0.4, -0.2) is 68.0 Å². The number of benzene rings is 2. The fraction of sp³-hybridized carbons (Fsp3) is 0.300. The number of amides is 4. The zero-order valence-corrected chi connectivity index (χ0v) is 23.7. The molecule has 2 aromatic rings. The molecule has 3 aliphatic heterocycles. The number of imide groups is 2. The van der Waals surface area contributed by atoms with Gasteiger partial charge in [0, 0.05) is 51.7 Å². The van der Waals surface area contributed by atoms with Crippen molar-refractivity contribution in [1.82, 2.24) is 15.6 Å². The van der Waals surface area contributed by atoms with Crippen LogP contribution in [0.3, 0.4) is 0 Å². The number of rotatable bonds is 7. The summed E-state index contributed by atoms with van der Waals surface area (Å²) in [7, 11) is 3.26. The van der Waals surface area contributed by atoms with Crippen molar-refractivity contribution in [2.45, 2.75) is 25.1 Å². The standard InChI is InChI=1S/C30H28F3N7O4/c1-38(2)25-11-19(30(31,32)33)5-8-23(25)37-35-14-17(13-34)3-4-18-15-39(16-18)20-6-7-21-22(12-20)29(44)40(28(21)43)24-9-10-26(41)36-27(24)42/h5-8,11-14,18,24,34-35,37H,9-10,15-16H2,1-2H3,(H,36,41,42)/b17-14-,34-13?. The lowest BCUT2D eigenvalue weighted by atomic mass is 9.98. The highest BCUT2D eigenvalue weighted by atomic mass is 19.4. The van der Waals surface area contributed by atoms with Gasteiger partial charge in [0.05, 0.1) is 39.6 Å². The van der Waals surface area contributed by atoms with Crippen LogP contribution in [0.2, 0.25) is 0 Å². The summed E-state index contributed by atoms with van der Waals surface area (Å²) in [5, 5.41) is 9.83. The first-order valence-corrected chi connectivity index (χ1v) is 13.6. The first-order chi connectivity index (χ1) is 20.9. The summed E-state index contributed by atoms with van der Waals surface area (Å²) in [4.78, 5) is 54.2. The topological polar surface area (TPSA) is 138 Å². The van der Waals surface area contributed by atoms with Crippen LogP contribution >= 0.6 is 0 Å². The largest absolute Gasteiger partial charge is 0.416 e. The highest BCUT2D eigenvalue weighted by molar-refractivity contribution is 6.23. The second kappa shape index (κ2) is 11.8. The molecule has 0 spiro atoms. The number of carbonyl (C=O) groups excluding carboxylic acids is 4. The molecule has 5 rings (SSSR count). The maximum atomic E-state index is 13.1. The van der Waals surface area contributed by atoms with Crippen LogP contribution in [0.5, 0.6) is 0 Å². The lowest BCUT2D eigenvalue weighted by Gasteiger charge is -2.38. The average Bonchev–Trinajstić information content (AvgIpc) is 3.19. The van der Waals surface area contributed by atoms with Crippen LogP contribution in [0.25, 0.3) is 0 Å². The molecule has 3 aliphatic rings. The van der Waals surface area contributed by atoms with E-state index in [0.717, 1.165) is 28.9 Å². The zero-order valence-electron chi connectivity index (χ0n) is 23.7. The van der Waals surface area contributed by atoms with E-state index < -0.39 is 41.4 Å². The zero-order chi connectivity index (χ0) is 31.8. The molecular formula is C30H28F3N7O4. The highest BCUT2D eigenvalue weighted by Crippen LogP contribution is 2.35. The Hall–Kier alpha value is -5.32. The maximum absolute atomic E-state index is 13.1. The van der Waals surface area contributed by atoms with E-state index in [2.05, 4.69) is 28.0 Å². The van der Waals surface area contributed by atoms with Gasteiger partial charge >= 0.3 is 6.18 Å². The van der Waals surface area contributed by atoms with E-state index in [1.807, 2.05) is 4.90 Å². The summed E-state index contributed by atoms with van der Waals surface area (Å²) in [6.07, 6.45) is -1.85. The Bertz CT molecular complexity index is 1650. The van der Waals surface area contributed by atoms with Crippen LogP contribution in [0.4, 0.5) is 30.2 Å². The molecular weight excluding hydrogens is 579 g/mol. The average molecular weight is 608 g/mol. The number of hydrogen-bond donors (Lipinski definition) is 4. The van der Waals surface area contributed by atoms with E-state index >= 15 is 0 Å². The van der Waals surface area contributed by atoms with E-state index in [0.29, 0.717) is 30.0 Å². The SMILES string of the molecule is CN(C)c1cc(C(F)(F)F)ccc1NN/C=C(/C#CC1CN(c2ccc3c(c2)C(=O)N(C2CCC(=O)NC2=O)C3=O)C1)C=N. The van der Waals surface area contributed by atoms with Crippen molar-refractivity contribution in [3.63, 3.8) is 0 Å². The third-order valence-electron chi connectivity index (χ3n) is 7.49. The number of piperidine rings is 1. The molecule has 1 unspecified atom stereocenters. The van der Waals surface area contributed by atoms with Gasteiger partial charge in [0.1, 0.15) is 6.04 Å². The molecule has 0 radical (unpaired) electrons. The van der Waals surface area contributed by atoms with E-state index in [1.165, 1.54) is 12.3 Å². The first kappa shape index (κ1) is 30.1. The molecule has 0 saturated carbocycles. The number of hydrogen-bond acceptors (Lipinski definition) is 9. The third-order valence-corrected chi connectivity index (χ3v) is 7.49. The van der Waals surface area contributed by atoms with Crippen LogP contribution in [0.15, 0.2) is 48.2 Å². The quantitative estimate of drug-likeness (QED) is 0.163. The summed E-state index contributed by atoms with van der Waals surface area (Å²) in [6, 6.07) is 7.20. The van der Waals surface area contributed by atoms with Crippen molar-refractivity contribution in [3.05, 3.63) is 64.9 Å². The monoisotopic (exact) mass is 607 g/mol. The molecule has 3 heterocycles. The minimum Gasteiger partial charge on any atom is -0.376 e. The Morgan fingerprint density at radius 1 is 1.07 bits per heavy atom. The Morgan fingerprint density at radius 2 is 1.80 bits per heavy atom. The van der Waals surface area contributed by atoms with Gasteiger partial charge in [-0.2, -0.15) is 13.2 Å². The second-order valence-electron chi connectivity index (χ2n) is 10.7. The molecule has 44 heavy (non-hydrogen) atoms. The Morgan fingerprint density at radius 3 is 2.45 bits per heavy atom. The Balaban J connectivity index is 1.19. The first-order valence-electron chi connectivity index (χ1n) is 13.6. The van der Waals surface area contributed by atoms with Crippen molar-refractivity contribution in [2.75, 3.05) is 42.4 Å². The van der Waals surface area contributed by atoms with Gasteiger partial charge in [-0.15, -0.1) is 0 Å². The second-order valence-corrected chi connectivity index (χ2v) is 10.7. The molecule has 2 saturated heterocycles. The molecule has 14 heteroatoms. The molecule has 0 aromatic heterocycles. The van der Waals surface area contributed by atoms with E-state index in [4.69, 9.17) is 5.41 Å². The fourth-order valence-corrected chi connectivity index (χ4v) is 5.11. The maximum Gasteiger partial charge on any atom is 0.416 e. The van der Waals surface area contributed by atoms with Crippen LogP contribution in [0, 0.1) is 23.2 Å². The molecule has 0 aliphatic carbocycles. The highest BCUT2D eigenvalue weighted by Gasteiger charge is 2.45. The van der Waals surface area contributed by atoms with E-state index in [-0.39, 0.29) is 29.9 Å². The fourth-order valence-electron chi connectivity index (χ4n) is 5.11. The number of fused-ring (bicyclic) bond motifs is 1. The van der Waals surface area contributed by atoms with Gasteiger partial charge in [-0.05, 0) is 42.8 Å². The summed E-state index contributed by atoms with van der Waals surface area (Å²) < 4.78 is 39.3. The number of nitrogens with zero attached hydrogens (tertiary/aromatic N) is 3. The number of carbonyl (C=O) groups is 4. The number of allylic oxidation sites excluding steroid dienone is 1. The molecule has 1 atom stereocenters. The van der Waals surface area contributed by atoms with Gasteiger partial charge in [0.25, 0.3) is 11.8 Å². The molecule has 2 aromatic carbocycles. The predicted molar refractivity (Wildman–Crippen MR) is 156 cm³/mol. The lowest BCUT2D eigenvalue weighted by Crippen LogP contribution is -2.54. The molecule has 4 N–H and O–H groups in total. The smallest absolute Gasteiger partial charge is 0.376 e. The lowest BCUT2D eigenvalue weighted by molar-refractivity contribution is -0.138. The van der Waals surface area contributed by atoms with Gasteiger partial charge in [0.15, 0.2) is 0 Å². The van der Waals surface area contributed by atoms with Crippen molar-refractivity contribution in [1.29, 1.82) is 5.41 Å². The molecule has 4 amide bonds. The van der Waals surface area contributed by atoms with E-state index in [9.17, 15) is 32.3 Å². The molecule has 11 nitrogen and oxygen atoms in total. The number of alkyl halides is 3. The summed E-state index contributed by atoms with van der Waals surface area (Å²) in [6.45, 7) is 1.08. The number of hydrazine groups is 1. The molecule has 0 bridgehead atoms. The molecule has 2 fully saturated rings. The van der Waals surface area contributed by atoms with E-state index in [1.54, 1.807) is 37.2 Å². The van der Waals surface area contributed by atoms with Gasteiger partial charge in [-0.1, -0.05) is 11.8 Å². The number of nitrogens with one attached hydrogen (secondary N) is 4. The Labute approximate surface area is 250 Å². The normalized spacial score (nSPS) is 18.7. The summed E-state index contributed by atoms with van der Waals surface area (Å²) in [5.41, 5.74) is 7.02. The predicted octanol–water partition coefficient (Wildman–Crippen LogP) is 2.76. The van der Waals surface area contributed by atoms with Gasteiger partial charge < -0.3 is 20.6 Å².